The predicted octanol–water partition coefficient (Wildman–Crippen LogP) is 4.48. The molecule has 0 spiro atoms. The summed E-state index contributed by atoms with van der Waals surface area (Å²) in [5, 5.41) is 0.403. The topological polar surface area (TPSA) is 29.5 Å². The summed E-state index contributed by atoms with van der Waals surface area (Å²) >= 11 is 7.66. The standard InChI is InChI=1S/C17H17ClFNO2S/c1-20(10-11-4-7-16(22-2)15(19)8-11)17(21)13-9-12(23-3)5-6-14(13)18/h4-9H,10H2,1-3H3. The molecule has 0 N–H and O–H groups in total. The van der Waals surface area contributed by atoms with Crippen LogP contribution in [0.25, 0.3) is 0 Å². The maximum atomic E-state index is 13.7. The molecule has 0 saturated carbocycles. The summed E-state index contributed by atoms with van der Waals surface area (Å²) in [7, 11) is 3.07. The minimum absolute atomic E-state index is 0.179. The van der Waals surface area contributed by atoms with Crippen LogP contribution in [0.15, 0.2) is 41.3 Å². The summed E-state index contributed by atoms with van der Waals surface area (Å²) in [6.45, 7) is 0.277. The molecule has 0 radical (unpaired) electrons. The van der Waals surface area contributed by atoms with Crippen LogP contribution in [0.1, 0.15) is 15.9 Å². The Morgan fingerprint density at radius 1 is 1.30 bits per heavy atom. The zero-order chi connectivity index (χ0) is 17.0. The molecule has 0 aliphatic heterocycles. The number of carbonyl (C=O) groups is 1. The van der Waals surface area contributed by atoms with Crippen LogP contribution in [0.4, 0.5) is 4.39 Å². The zero-order valence-electron chi connectivity index (χ0n) is 13.1. The van der Waals surface area contributed by atoms with Gasteiger partial charge >= 0.3 is 0 Å². The third-order valence-electron chi connectivity index (χ3n) is 3.39. The van der Waals surface area contributed by atoms with E-state index < -0.39 is 5.82 Å². The van der Waals surface area contributed by atoms with Crippen LogP contribution >= 0.6 is 23.4 Å². The van der Waals surface area contributed by atoms with E-state index in [9.17, 15) is 9.18 Å². The lowest BCUT2D eigenvalue weighted by Crippen LogP contribution is -2.26. The number of hydrogen-bond donors (Lipinski definition) is 0. The highest BCUT2D eigenvalue weighted by atomic mass is 35.5. The number of thioether (sulfide) groups is 1. The van der Waals surface area contributed by atoms with E-state index in [1.807, 2.05) is 12.3 Å². The molecule has 122 valence electrons. The SMILES string of the molecule is COc1ccc(CN(C)C(=O)c2cc(SC)ccc2Cl)cc1F. The quantitative estimate of drug-likeness (QED) is 0.742. The maximum Gasteiger partial charge on any atom is 0.255 e. The molecule has 3 nitrogen and oxygen atoms in total. The van der Waals surface area contributed by atoms with Gasteiger partial charge in [-0.2, -0.15) is 0 Å². The van der Waals surface area contributed by atoms with Gasteiger partial charge in [-0.15, -0.1) is 11.8 Å². The molecular weight excluding hydrogens is 337 g/mol. The van der Waals surface area contributed by atoms with Crippen LogP contribution < -0.4 is 4.74 Å². The molecule has 2 aromatic carbocycles. The smallest absolute Gasteiger partial charge is 0.255 e. The van der Waals surface area contributed by atoms with Crippen LogP contribution in [-0.2, 0) is 6.54 Å². The van der Waals surface area contributed by atoms with E-state index in [1.54, 1.807) is 31.3 Å². The van der Waals surface area contributed by atoms with E-state index in [2.05, 4.69) is 0 Å². The largest absolute Gasteiger partial charge is 0.494 e. The molecule has 0 saturated heterocycles. The number of halogens is 2. The molecule has 2 aromatic rings. The summed E-state index contributed by atoms with van der Waals surface area (Å²) in [6.07, 6.45) is 1.93. The van der Waals surface area contributed by atoms with Gasteiger partial charge < -0.3 is 9.64 Å². The Balaban J connectivity index is 2.18. The molecule has 1 amide bonds. The average Bonchev–Trinajstić information content (AvgIpc) is 2.55. The molecule has 0 unspecified atom stereocenters. The van der Waals surface area contributed by atoms with E-state index in [1.165, 1.54) is 29.8 Å². The predicted molar refractivity (Wildman–Crippen MR) is 92.0 cm³/mol. The van der Waals surface area contributed by atoms with E-state index in [0.717, 1.165) is 4.90 Å². The summed E-state index contributed by atoms with van der Waals surface area (Å²) in [4.78, 5) is 15.0. The Morgan fingerprint density at radius 3 is 2.65 bits per heavy atom. The number of methoxy groups -OCH3 is 1. The second kappa shape index (κ2) is 7.70. The maximum absolute atomic E-state index is 13.7. The Kier molecular flexibility index (Phi) is 5.91. The highest BCUT2D eigenvalue weighted by Gasteiger charge is 2.16. The monoisotopic (exact) mass is 353 g/mol. The second-order valence-corrected chi connectivity index (χ2v) is 6.26. The van der Waals surface area contributed by atoms with Gasteiger partial charge in [0.1, 0.15) is 0 Å². The van der Waals surface area contributed by atoms with Crippen molar-refractivity contribution >= 4 is 29.3 Å². The van der Waals surface area contributed by atoms with Gasteiger partial charge in [0, 0.05) is 18.5 Å². The Hall–Kier alpha value is -1.72. The van der Waals surface area contributed by atoms with Crippen LogP contribution in [0.5, 0.6) is 5.75 Å². The van der Waals surface area contributed by atoms with Crippen LogP contribution in [0, 0.1) is 5.82 Å². The van der Waals surface area contributed by atoms with Gasteiger partial charge in [-0.05, 0) is 42.2 Å². The summed E-state index contributed by atoms with van der Waals surface area (Å²) < 4.78 is 18.6. The Bertz CT molecular complexity index is 724. The Morgan fingerprint density at radius 2 is 2.04 bits per heavy atom. The highest BCUT2D eigenvalue weighted by molar-refractivity contribution is 7.98. The van der Waals surface area contributed by atoms with Crippen molar-refractivity contribution in [3.8, 4) is 5.75 Å². The first-order valence-corrected chi connectivity index (χ1v) is 8.48. The third-order valence-corrected chi connectivity index (χ3v) is 4.44. The van der Waals surface area contributed by atoms with Gasteiger partial charge in [-0.25, -0.2) is 4.39 Å². The first kappa shape index (κ1) is 17.6. The van der Waals surface area contributed by atoms with E-state index in [-0.39, 0.29) is 18.2 Å². The normalized spacial score (nSPS) is 10.5. The van der Waals surface area contributed by atoms with Crippen LogP contribution in [0.2, 0.25) is 5.02 Å². The van der Waals surface area contributed by atoms with Crippen molar-refractivity contribution in [2.75, 3.05) is 20.4 Å². The number of amides is 1. The van der Waals surface area contributed by atoms with Crippen molar-refractivity contribution in [3.05, 3.63) is 58.4 Å². The minimum Gasteiger partial charge on any atom is -0.494 e. The van der Waals surface area contributed by atoms with E-state index in [0.29, 0.717) is 16.1 Å². The lowest BCUT2D eigenvalue weighted by molar-refractivity contribution is 0.0785. The van der Waals surface area contributed by atoms with Gasteiger partial charge in [-0.3, -0.25) is 4.79 Å². The number of carbonyl (C=O) groups excluding carboxylic acids is 1. The average molecular weight is 354 g/mol. The summed E-state index contributed by atoms with van der Waals surface area (Å²) in [5.74, 6) is -0.478. The fourth-order valence-corrected chi connectivity index (χ4v) is 2.79. The van der Waals surface area contributed by atoms with Crippen molar-refractivity contribution in [3.63, 3.8) is 0 Å². The molecule has 2 rings (SSSR count). The van der Waals surface area contributed by atoms with Gasteiger partial charge in [0.15, 0.2) is 11.6 Å². The van der Waals surface area contributed by atoms with Crippen molar-refractivity contribution in [1.29, 1.82) is 0 Å². The van der Waals surface area contributed by atoms with E-state index in [4.69, 9.17) is 16.3 Å². The van der Waals surface area contributed by atoms with Crippen molar-refractivity contribution in [2.24, 2.45) is 0 Å². The highest BCUT2D eigenvalue weighted by Crippen LogP contribution is 2.25. The number of rotatable bonds is 5. The molecule has 0 fully saturated rings. The van der Waals surface area contributed by atoms with Crippen molar-refractivity contribution in [2.45, 2.75) is 11.4 Å². The van der Waals surface area contributed by atoms with E-state index >= 15 is 0 Å². The van der Waals surface area contributed by atoms with Gasteiger partial charge in [0.2, 0.25) is 0 Å². The minimum atomic E-state index is -0.451. The van der Waals surface area contributed by atoms with Crippen molar-refractivity contribution in [1.82, 2.24) is 4.90 Å². The van der Waals surface area contributed by atoms with Gasteiger partial charge in [0.25, 0.3) is 5.91 Å². The molecular formula is C17H17ClFNO2S. The Labute approximate surface area is 144 Å². The first-order chi connectivity index (χ1) is 11.0. The number of hydrogen-bond acceptors (Lipinski definition) is 3. The molecule has 23 heavy (non-hydrogen) atoms. The van der Waals surface area contributed by atoms with Crippen LogP contribution in [-0.4, -0.2) is 31.2 Å². The second-order valence-electron chi connectivity index (χ2n) is 4.98. The first-order valence-electron chi connectivity index (χ1n) is 6.87. The molecule has 6 heteroatoms. The fraction of sp³-hybridized carbons (Fsp3) is 0.235. The number of nitrogens with zero attached hydrogens (tertiary/aromatic N) is 1. The van der Waals surface area contributed by atoms with Crippen molar-refractivity contribution < 1.29 is 13.9 Å². The molecule has 0 aliphatic carbocycles. The molecule has 0 bridgehead atoms. The molecule has 0 heterocycles. The lowest BCUT2D eigenvalue weighted by Gasteiger charge is -2.19. The fourth-order valence-electron chi connectivity index (χ4n) is 2.15. The molecule has 0 aliphatic rings. The number of benzene rings is 2. The number of ether oxygens (including phenoxy) is 1. The van der Waals surface area contributed by atoms with Gasteiger partial charge in [-0.1, -0.05) is 17.7 Å². The van der Waals surface area contributed by atoms with Gasteiger partial charge in [0.05, 0.1) is 17.7 Å². The summed E-state index contributed by atoms with van der Waals surface area (Å²) in [5.41, 5.74) is 1.12. The lowest BCUT2D eigenvalue weighted by atomic mass is 10.1. The van der Waals surface area contributed by atoms with Crippen LogP contribution in [0.3, 0.4) is 0 Å². The third kappa shape index (κ3) is 4.18. The molecule has 0 aromatic heterocycles. The molecule has 0 atom stereocenters. The zero-order valence-corrected chi connectivity index (χ0v) is 14.7. The summed E-state index contributed by atoms with van der Waals surface area (Å²) in [6, 6.07) is 9.98.